The molecule has 0 heterocycles. The van der Waals surface area contributed by atoms with Gasteiger partial charge in [-0.3, -0.25) is 4.79 Å². The SMILES string of the molecule is COCCC(C)C(=O)Cc1cccc(N)c1. The van der Waals surface area contributed by atoms with Gasteiger partial charge in [0.1, 0.15) is 5.78 Å². The van der Waals surface area contributed by atoms with Crippen molar-refractivity contribution in [2.24, 2.45) is 5.92 Å². The van der Waals surface area contributed by atoms with Gasteiger partial charge in [0, 0.05) is 31.7 Å². The monoisotopic (exact) mass is 221 g/mol. The number of methoxy groups -OCH3 is 1. The van der Waals surface area contributed by atoms with Crippen LogP contribution in [0.4, 0.5) is 5.69 Å². The molecule has 1 aromatic rings. The number of carbonyl (C=O) groups excluding carboxylic acids is 1. The number of nitrogens with two attached hydrogens (primary N) is 1. The van der Waals surface area contributed by atoms with Crippen LogP contribution in [0, 0.1) is 5.92 Å². The highest BCUT2D eigenvalue weighted by Crippen LogP contribution is 2.12. The summed E-state index contributed by atoms with van der Waals surface area (Å²) in [7, 11) is 1.65. The molecule has 88 valence electrons. The van der Waals surface area contributed by atoms with Gasteiger partial charge in [-0.15, -0.1) is 0 Å². The maximum Gasteiger partial charge on any atom is 0.140 e. The number of Topliss-reactive ketones (excluding diaryl/α,β-unsaturated/α-hetero) is 1. The van der Waals surface area contributed by atoms with Gasteiger partial charge in [0.2, 0.25) is 0 Å². The van der Waals surface area contributed by atoms with Crippen LogP contribution in [0.1, 0.15) is 18.9 Å². The van der Waals surface area contributed by atoms with E-state index in [4.69, 9.17) is 10.5 Å². The maximum absolute atomic E-state index is 11.8. The Balaban J connectivity index is 2.50. The normalized spacial score (nSPS) is 12.4. The van der Waals surface area contributed by atoms with Crippen molar-refractivity contribution < 1.29 is 9.53 Å². The van der Waals surface area contributed by atoms with Gasteiger partial charge in [0.05, 0.1) is 0 Å². The Morgan fingerprint density at radius 2 is 2.25 bits per heavy atom. The van der Waals surface area contributed by atoms with E-state index in [-0.39, 0.29) is 11.7 Å². The fraction of sp³-hybridized carbons (Fsp3) is 0.462. The summed E-state index contributed by atoms with van der Waals surface area (Å²) >= 11 is 0. The summed E-state index contributed by atoms with van der Waals surface area (Å²) in [5.41, 5.74) is 7.34. The fourth-order valence-corrected chi connectivity index (χ4v) is 1.53. The Bertz CT molecular complexity index is 350. The fourth-order valence-electron chi connectivity index (χ4n) is 1.53. The van der Waals surface area contributed by atoms with Gasteiger partial charge in [0.15, 0.2) is 0 Å². The average molecular weight is 221 g/mol. The summed E-state index contributed by atoms with van der Waals surface area (Å²) in [4.78, 5) is 11.8. The quantitative estimate of drug-likeness (QED) is 0.748. The van der Waals surface area contributed by atoms with Gasteiger partial charge in [-0.05, 0) is 24.1 Å². The van der Waals surface area contributed by atoms with Gasteiger partial charge in [0.25, 0.3) is 0 Å². The molecule has 0 aliphatic rings. The number of ketones is 1. The summed E-state index contributed by atoms with van der Waals surface area (Å²) in [6, 6.07) is 7.47. The van der Waals surface area contributed by atoms with Crippen LogP contribution >= 0.6 is 0 Å². The van der Waals surface area contributed by atoms with Crippen LogP contribution in [0.5, 0.6) is 0 Å². The molecule has 0 saturated heterocycles. The third-order valence-electron chi connectivity index (χ3n) is 2.63. The highest BCUT2D eigenvalue weighted by Gasteiger charge is 2.13. The summed E-state index contributed by atoms with van der Waals surface area (Å²) < 4.78 is 4.96. The predicted molar refractivity (Wildman–Crippen MR) is 65.2 cm³/mol. The number of anilines is 1. The topological polar surface area (TPSA) is 52.3 Å². The molecule has 2 N–H and O–H groups in total. The number of ether oxygens (including phenoxy) is 1. The Kier molecular flexibility index (Phi) is 4.99. The summed E-state index contributed by atoms with van der Waals surface area (Å²) in [6.45, 7) is 2.57. The molecule has 1 atom stereocenters. The first-order valence-electron chi connectivity index (χ1n) is 5.49. The third kappa shape index (κ3) is 4.03. The second-order valence-corrected chi connectivity index (χ2v) is 4.07. The minimum absolute atomic E-state index is 0.0429. The zero-order chi connectivity index (χ0) is 12.0. The van der Waals surface area contributed by atoms with Crippen LogP contribution < -0.4 is 5.73 Å². The van der Waals surface area contributed by atoms with Crippen molar-refractivity contribution in [1.29, 1.82) is 0 Å². The molecular formula is C13H19NO2. The Morgan fingerprint density at radius 3 is 2.88 bits per heavy atom. The predicted octanol–water partition coefficient (Wildman–Crippen LogP) is 2.05. The molecule has 0 radical (unpaired) electrons. The molecule has 3 heteroatoms. The molecule has 0 bridgehead atoms. The Hall–Kier alpha value is -1.35. The number of hydrogen-bond acceptors (Lipinski definition) is 3. The molecule has 1 rings (SSSR count). The van der Waals surface area contributed by atoms with Gasteiger partial charge >= 0.3 is 0 Å². The largest absolute Gasteiger partial charge is 0.399 e. The summed E-state index contributed by atoms with van der Waals surface area (Å²) in [5, 5.41) is 0. The lowest BCUT2D eigenvalue weighted by molar-refractivity contribution is -0.122. The van der Waals surface area contributed by atoms with Gasteiger partial charge in [-0.2, -0.15) is 0 Å². The van der Waals surface area contributed by atoms with Crippen LogP contribution in [0.2, 0.25) is 0 Å². The molecule has 0 aromatic heterocycles. The van der Waals surface area contributed by atoms with Crippen LogP contribution in [-0.2, 0) is 16.0 Å². The zero-order valence-corrected chi connectivity index (χ0v) is 9.90. The Morgan fingerprint density at radius 1 is 1.50 bits per heavy atom. The second-order valence-electron chi connectivity index (χ2n) is 4.07. The molecule has 0 aliphatic carbocycles. The lowest BCUT2D eigenvalue weighted by Crippen LogP contribution is -2.15. The highest BCUT2D eigenvalue weighted by molar-refractivity contribution is 5.83. The van der Waals surface area contributed by atoms with Crippen molar-refractivity contribution in [3.8, 4) is 0 Å². The maximum atomic E-state index is 11.8. The minimum atomic E-state index is 0.0429. The molecule has 3 nitrogen and oxygen atoms in total. The van der Waals surface area contributed by atoms with Gasteiger partial charge in [-0.25, -0.2) is 0 Å². The second kappa shape index (κ2) is 6.28. The molecular weight excluding hydrogens is 202 g/mol. The molecule has 0 saturated carbocycles. The van der Waals surface area contributed by atoms with Crippen LogP contribution in [-0.4, -0.2) is 19.5 Å². The van der Waals surface area contributed by atoms with E-state index in [9.17, 15) is 4.79 Å². The number of hydrogen-bond donors (Lipinski definition) is 1. The number of rotatable bonds is 6. The number of carbonyl (C=O) groups is 1. The third-order valence-corrected chi connectivity index (χ3v) is 2.63. The zero-order valence-electron chi connectivity index (χ0n) is 9.90. The van der Waals surface area contributed by atoms with E-state index >= 15 is 0 Å². The smallest absolute Gasteiger partial charge is 0.140 e. The summed E-state index contributed by atoms with van der Waals surface area (Å²) in [5.74, 6) is 0.282. The average Bonchev–Trinajstić information content (AvgIpc) is 2.25. The van der Waals surface area contributed by atoms with Crippen molar-refractivity contribution in [3.63, 3.8) is 0 Å². The van der Waals surface area contributed by atoms with E-state index < -0.39 is 0 Å². The highest BCUT2D eigenvalue weighted by atomic mass is 16.5. The van der Waals surface area contributed by atoms with Crippen LogP contribution in [0.3, 0.4) is 0 Å². The molecule has 0 aliphatic heterocycles. The van der Waals surface area contributed by atoms with Crippen molar-refractivity contribution in [1.82, 2.24) is 0 Å². The lowest BCUT2D eigenvalue weighted by Gasteiger charge is -2.09. The van der Waals surface area contributed by atoms with E-state index in [0.29, 0.717) is 18.7 Å². The van der Waals surface area contributed by atoms with Crippen LogP contribution in [0.25, 0.3) is 0 Å². The standard InChI is InChI=1S/C13H19NO2/c1-10(6-7-16-2)13(15)9-11-4-3-5-12(14)8-11/h3-5,8,10H,6-7,9,14H2,1-2H3. The van der Waals surface area contributed by atoms with Crippen molar-refractivity contribution in [2.45, 2.75) is 19.8 Å². The first-order valence-corrected chi connectivity index (χ1v) is 5.49. The first-order chi connectivity index (χ1) is 7.63. The lowest BCUT2D eigenvalue weighted by atomic mass is 9.97. The Labute approximate surface area is 96.6 Å². The van der Waals surface area contributed by atoms with Crippen molar-refractivity contribution in [3.05, 3.63) is 29.8 Å². The van der Waals surface area contributed by atoms with Crippen molar-refractivity contribution >= 4 is 11.5 Å². The van der Waals surface area contributed by atoms with Crippen molar-refractivity contribution in [2.75, 3.05) is 19.5 Å². The van der Waals surface area contributed by atoms with Gasteiger partial charge in [-0.1, -0.05) is 19.1 Å². The number of benzene rings is 1. The molecule has 0 spiro atoms. The minimum Gasteiger partial charge on any atom is -0.399 e. The first kappa shape index (κ1) is 12.7. The molecule has 1 unspecified atom stereocenters. The van der Waals surface area contributed by atoms with E-state index in [1.54, 1.807) is 7.11 Å². The summed E-state index contributed by atoms with van der Waals surface area (Å²) in [6.07, 6.45) is 1.23. The van der Waals surface area contributed by atoms with E-state index in [0.717, 1.165) is 12.0 Å². The van der Waals surface area contributed by atoms with Crippen LogP contribution in [0.15, 0.2) is 24.3 Å². The van der Waals surface area contributed by atoms with E-state index in [1.165, 1.54) is 0 Å². The van der Waals surface area contributed by atoms with Gasteiger partial charge < -0.3 is 10.5 Å². The molecule has 0 amide bonds. The van der Waals surface area contributed by atoms with E-state index in [2.05, 4.69) is 0 Å². The number of nitrogen functional groups attached to an aromatic ring is 1. The molecule has 0 fully saturated rings. The van der Waals surface area contributed by atoms with E-state index in [1.807, 2.05) is 31.2 Å². The molecule has 1 aromatic carbocycles. The molecule has 16 heavy (non-hydrogen) atoms.